The van der Waals surface area contributed by atoms with Crippen LogP contribution >= 0.6 is 0 Å². The molecule has 1 fully saturated rings. The number of aromatic nitrogens is 2. The molecule has 0 saturated carbocycles. The average molecular weight is 320 g/mol. The monoisotopic (exact) mass is 320 g/mol. The van der Waals surface area contributed by atoms with Gasteiger partial charge in [-0.2, -0.15) is 5.10 Å². The molecule has 7 nitrogen and oxygen atoms in total. The molecule has 23 heavy (non-hydrogen) atoms. The fraction of sp³-hybridized carbons (Fsp3) is 0.625. The van der Waals surface area contributed by atoms with E-state index in [0.717, 1.165) is 0 Å². The highest BCUT2D eigenvalue weighted by molar-refractivity contribution is 6.02. The maximum atomic E-state index is 12.3. The van der Waals surface area contributed by atoms with Gasteiger partial charge in [-0.15, -0.1) is 0 Å². The van der Waals surface area contributed by atoms with Gasteiger partial charge in [-0.1, -0.05) is 20.8 Å². The number of hydrogen-bond acceptors (Lipinski definition) is 4. The Kier molecular flexibility index (Phi) is 5.18. The molecule has 2 atom stereocenters. The highest BCUT2D eigenvalue weighted by Gasteiger charge is 2.45. The Balaban J connectivity index is 1.86. The van der Waals surface area contributed by atoms with E-state index in [4.69, 9.17) is 0 Å². The van der Waals surface area contributed by atoms with Gasteiger partial charge in [-0.05, 0) is 17.9 Å². The molecule has 0 aliphatic carbocycles. The Morgan fingerprint density at radius 1 is 1.43 bits per heavy atom. The van der Waals surface area contributed by atoms with E-state index in [0.29, 0.717) is 26.1 Å². The van der Waals surface area contributed by atoms with Crippen molar-refractivity contribution in [2.24, 2.45) is 17.3 Å². The van der Waals surface area contributed by atoms with Crippen LogP contribution in [-0.2, 0) is 16.1 Å². The molecule has 2 N–H and O–H groups in total. The lowest BCUT2D eigenvalue weighted by Gasteiger charge is -2.29. The molecule has 1 saturated heterocycles. The molecule has 0 aromatic carbocycles. The van der Waals surface area contributed by atoms with Gasteiger partial charge in [-0.3, -0.25) is 14.4 Å². The van der Waals surface area contributed by atoms with E-state index in [1.165, 1.54) is 10.7 Å². The minimum absolute atomic E-state index is 0.0200. The molecule has 7 heteroatoms. The summed E-state index contributed by atoms with van der Waals surface area (Å²) in [5.41, 5.74) is -0.288. The topological polar surface area (TPSA) is 93.1 Å². The molecular weight excluding hydrogens is 296 g/mol. The molecular formula is C16H24N4O3. The van der Waals surface area contributed by atoms with E-state index in [1.807, 2.05) is 20.8 Å². The predicted octanol–water partition coefficient (Wildman–Crippen LogP) is 0.158. The fourth-order valence-electron chi connectivity index (χ4n) is 2.83. The molecule has 1 aromatic rings. The Labute approximate surface area is 135 Å². The van der Waals surface area contributed by atoms with Crippen LogP contribution in [0.2, 0.25) is 0 Å². The van der Waals surface area contributed by atoms with Crippen LogP contribution in [0, 0.1) is 17.3 Å². The summed E-state index contributed by atoms with van der Waals surface area (Å²) in [6.45, 7) is 7.47. The SMILES string of the molecule is CC(C)(C)[C@@H]1CNC(=O)[C@@H]1C(=O)NCCCn1ncccc1=O. The van der Waals surface area contributed by atoms with Crippen LogP contribution in [0.5, 0.6) is 0 Å². The number of amides is 2. The summed E-state index contributed by atoms with van der Waals surface area (Å²) < 4.78 is 1.35. The molecule has 1 aromatic heterocycles. The first-order chi connectivity index (χ1) is 10.8. The minimum Gasteiger partial charge on any atom is -0.355 e. The molecule has 0 spiro atoms. The summed E-state index contributed by atoms with van der Waals surface area (Å²) >= 11 is 0. The molecule has 1 aliphatic rings. The predicted molar refractivity (Wildman–Crippen MR) is 85.6 cm³/mol. The third-order valence-electron chi connectivity index (χ3n) is 4.21. The molecule has 2 amide bonds. The van der Waals surface area contributed by atoms with Gasteiger partial charge in [0, 0.05) is 37.8 Å². The van der Waals surface area contributed by atoms with E-state index in [2.05, 4.69) is 15.7 Å². The van der Waals surface area contributed by atoms with E-state index in [9.17, 15) is 14.4 Å². The van der Waals surface area contributed by atoms with Crippen molar-refractivity contribution in [3.8, 4) is 0 Å². The lowest BCUT2D eigenvalue weighted by atomic mass is 9.74. The number of carbonyl (C=O) groups excluding carboxylic acids is 2. The van der Waals surface area contributed by atoms with Crippen LogP contribution < -0.4 is 16.2 Å². The van der Waals surface area contributed by atoms with Gasteiger partial charge in [0.25, 0.3) is 5.56 Å². The van der Waals surface area contributed by atoms with E-state index in [-0.39, 0.29) is 28.7 Å². The van der Waals surface area contributed by atoms with Crippen molar-refractivity contribution in [3.63, 3.8) is 0 Å². The highest BCUT2D eigenvalue weighted by atomic mass is 16.2. The summed E-state index contributed by atoms with van der Waals surface area (Å²) in [5.74, 6) is -1.11. The Morgan fingerprint density at radius 2 is 2.17 bits per heavy atom. The zero-order valence-corrected chi connectivity index (χ0v) is 13.8. The smallest absolute Gasteiger partial charge is 0.266 e. The van der Waals surface area contributed by atoms with Crippen LogP contribution in [-0.4, -0.2) is 34.7 Å². The average Bonchev–Trinajstić information content (AvgIpc) is 2.87. The second kappa shape index (κ2) is 6.93. The van der Waals surface area contributed by atoms with E-state index >= 15 is 0 Å². The van der Waals surface area contributed by atoms with Crippen LogP contribution in [0.1, 0.15) is 27.2 Å². The van der Waals surface area contributed by atoms with E-state index < -0.39 is 5.92 Å². The van der Waals surface area contributed by atoms with Crippen LogP contribution in [0.3, 0.4) is 0 Å². The summed E-state index contributed by atoms with van der Waals surface area (Å²) in [6, 6.07) is 3.04. The molecule has 126 valence electrons. The second-order valence-corrected chi connectivity index (χ2v) is 6.92. The number of hydrogen-bond donors (Lipinski definition) is 2. The number of nitrogens with one attached hydrogen (secondary N) is 2. The van der Waals surface area contributed by atoms with Crippen LogP contribution in [0.25, 0.3) is 0 Å². The Hall–Kier alpha value is -2.18. The number of nitrogens with zero attached hydrogens (tertiary/aromatic N) is 2. The fourth-order valence-corrected chi connectivity index (χ4v) is 2.83. The maximum absolute atomic E-state index is 12.3. The standard InChI is InChI=1S/C16H24N4O3/c1-16(2,3)11-10-18-15(23)13(11)14(22)17-7-5-9-20-12(21)6-4-8-19-20/h4,6,8,11,13H,5,7,9-10H2,1-3H3,(H,17,22)(H,18,23)/t11-,13+/m1/s1. The van der Waals surface area contributed by atoms with Crippen molar-refractivity contribution >= 4 is 11.8 Å². The molecule has 2 heterocycles. The van der Waals surface area contributed by atoms with Gasteiger partial charge in [0.15, 0.2) is 0 Å². The normalized spacial score (nSPS) is 21.1. The molecule has 0 unspecified atom stereocenters. The van der Waals surface area contributed by atoms with Gasteiger partial charge in [0.2, 0.25) is 11.8 Å². The number of carbonyl (C=O) groups is 2. The van der Waals surface area contributed by atoms with Gasteiger partial charge >= 0.3 is 0 Å². The molecule has 0 radical (unpaired) electrons. The molecule has 2 rings (SSSR count). The lowest BCUT2D eigenvalue weighted by molar-refractivity contribution is -0.135. The van der Waals surface area contributed by atoms with Crippen molar-refractivity contribution in [2.75, 3.05) is 13.1 Å². The first kappa shape index (κ1) is 17.2. The Bertz CT molecular complexity index is 633. The van der Waals surface area contributed by atoms with Gasteiger partial charge in [0.1, 0.15) is 5.92 Å². The molecule has 1 aliphatic heterocycles. The highest BCUT2D eigenvalue weighted by Crippen LogP contribution is 2.35. The third kappa shape index (κ3) is 4.18. The van der Waals surface area contributed by atoms with Crippen molar-refractivity contribution in [3.05, 3.63) is 28.7 Å². The van der Waals surface area contributed by atoms with Crippen LogP contribution in [0.4, 0.5) is 0 Å². The molecule has 0 bridgehead atoms. The quantitative estimate of drug-likeness (QED) is 0.597. The largest absolute Gasteiger partial charge is 0.355 e. The van der Waals surface area contributed by atoms with Gasteiger partial charge in [-0.25, -0.2) is 4.68 Å². The lowest BCUT2D eigenvalue weighted by Crippen LogP contribution is -2.41. The summed E-state index contributed by atoms with van der Waals surface area (Å²) in [6.07, 6.45) is 2.13. The van der Waals surface area contributed by atoms with Crippen molar-refractivity contribution in [1.29, 1.82) is 0 Å². The number of aryl methyl sites for hydroxylation is 1. The first-order valence-corrected chi connectivity index (χ1v) is 7.88. The zero-order valence-electron chi connectivity index (χ0n) is 13.8. The minimum atomic E-state index is -0.646. The second-order valence-electron chi connectivity index (χ2n) is 6.92. The zero-order chi connectivity index (χ0) is 17.0. The van der Waals surface area contributed by atoms with Crippen molar-refractivity contribution < 1.29 is 9.59 Å². The van der Waals surface area contributed by atoms with Crippen molar-refractivity contribution in [1.82, 2.24) is 20.4 Å². The van der Waals surface area contributed by atoms with E-state index in [1.54, 1.807) is 12.3 Å². The van der Waals surface area contributed by atoms with Gasteiger partial charge in [0.05, 0.1) is 0 Å². The number of rotatable bonds is 5. The third-order valence-corrected chi connectivity index (χ3v) is 4.21. The summed E-state index contributed by atoms with van der Waals surface area (Å²) in [7, 11) is 0. The first-order valence-electron chi connectivity index (χ1n) is 7.88. The van der Waals surface area contributed by atoms with Crippen LogP contribution in [0.15, 0.2) is 23.1 Å². The summed E-state index contributed by atoms with van der Waals surface area (Å²) in [5, 5.41) is 9.54. The van der Waals surface area contributed by atoms with Gasteiger partial charge < -0.3 is 10.6 Å². The van der Waals surface area contributed by atoms with Crippen molar-refractivity contribution in [2.45, 2.75) is 33.7 Å². The maximum Gasteiger partial charge on any atom is 0.266 e. The summed E-state index contributed by atoms with van der Waals surface area (Å²) in [4.78, 5) is 35.8. The Morgan fingerprint density at radius 3 is 2.83 bits per heavy atom.